The van der Waals surface area contributed by atoms with E-state index < -0.39 is 5.54 Å². The molecule has 1 aliphatic carbocycles. The van der Waals surface area contributed by atoms with Crippen LogP contribution in [-0.2, 0) is 6.42 Å². The van der Waals surface area contributed by atoms with E-state index in [0.717, 1.165) is 25.7 Å². The van der Waals surface area contributed by atoms with E-state index in [-0.39, 0.29) is 12.5 Å². The number of aliphatic hydroxyl groups is 1. The summed E-state index contributed by atoms with van der Waals surface area (Å²) in [7, 11) is 0. The van der Waals surface area contributed by atoms with Crippen LogP contribution in [0.1, 0.15) is 55.6 Å². The van der Waals surface area contributed by atoms with Crippen molar-refractivity contribution < 1.29 is 14.3 Å². The average molecular weight is 265 g/mol. The van der Waals surface area contributed by atoms with E-state index in [4.69, 9.17) is 4.42 Å². The SMILES string of the molecule is CCc1occc1C(=O)NC1(CO)CCC(C)CC1. The summed E-state index contributed by atoms with van der Waals surface area (Å²) in [5.74, 6) is 1.25. The number of rotatable bonds is 4. The van der Waals surface area contributed by atoms with E-state index >= 15 is 0 Å². The third-order valence-corrected chi connectivity index (χ3v) is 4.22. The summed E-state index contributed by atoms with van der Waals surface area (Å²) in [6.07, 6.45) is 6.02. The van der Waals surface area contributed by atoms with Crippen LogP contribution in [0.2, 0.25) is 0 Å². The Morgan fingerprint density at radius 3 is 2.79 bits per heavy atom. The Hall–Kier alpha value is -1.29. The normalized spacial score (nSPS) is 27.2. The number of nitrogens with one attached hydrogen (secondary N) is 1. The van der Waals surface area contributed by atoms with Crippen molar-refractivity contribution in [3.05, 3.63) is 23.7 Å². The van der Waals surface area contributed by atoms with Crippen molar-refractivity contribution in [2.45, 2.75) is 51.5 Å². The monoisotopic (exact) mass is 265 g/mol. The van der Waals surface area contributed by atoms with Gasteiger partial charge in [0.1, 0.15) is 5.76 Å². The Bertz CT molecular complexity index is 430. The fraction of sp³-hybridized carbons (Fsp3) is 0.667. The summed E-state index contributed by atoms with van der Waals surface area (Å²) in [4.78, 5) is 12.3. The zero-order valence-corrected chi connectivity index (χ0v) is 11.7. The van der Waals surface area contributed by atoms with Crippen LogP contribution in [0.5, 0.6) is 0 Å². The molecule has 4 heteroatoms. The molecule has 2 rings (SSSR count). The average Bonchev–Trinajstić information content (AvgIpc) is 2.90. The highest BCUT2D eigenvalue weighted by molar-refractivity contribution is 5.95. The molecule has 1 heterocycles. The van der Waals surface area contributed by atoms with Gasteiger partial charge in [-0.2, -0.15) is 0 Å². The van der Waals surface area contributed by atoms with Crippen molar-refractivity contribution in [3.8, 4) is 0 Å². The van der Waals surface area contributed by atoms with Crippen LogP contribution >= 0.6 is 0 Å². The molecule has 1 saturated carbocycles. The van der Waals surface area contributed by atoms with Gasteiger partial charge in [0.2, 0.25) is 0 Å². The minimum atomic E-state index is -0.453. The first-order chi connectivity index (χ1) is 9.10. The van der Waals surface area contributed by atoms with E-state index in [2.05, 4.69) is 12.2 Å². The molecule has 106 valence electrons. The summed E-state index contributed by atoms with van der Waals surface area (Å²) < 4.78 is 5.28. The highest BCUT2D eigenvalue weighted by Gasteiger charge is 2.35. The second-order valence-corrected chi connectivity index (χ2v) is 5.69. The van der Waals surface area contributed by atoms with Gasteiger partial charge in [-0.1, -0.05) is 13.8 Å². The number of carbonyl (C=O) groups is 1. The number of amides is 1. The topological polar surface area (TPSA) is 62.5 Å². The van der Waals surface area contributed by atoms with Gasteiger partial charge < -0.3 is 14.8 Å². The number of hydrogen-bond donors (Lipinski definition) is 2. The first-order valence-electron chi connectivity index (χ1n) is 7.10. The lowest BCUT2D eigenvalue weighted by Crippen LogP contribution is -2.53. The maximum atomic E-state index is 12.3. The molecule has 1 fully saturated rings. The Morgan fingerprint density at radius 2 is 2.21 bits per heavy atom. The maximum Gasteiger partial charge on any atom is 0.255 e. The van der Waals surface area contributed by atoms with Crippen LogP contribution in [0, 0.1) is 5.92 Å². The van der Waals surface area contributed by atoms with Crippen molar-refractivity contribution >= 4 is 5.91 Å². The fourth-order valence-electron chi connectivity index (χ4n) is 2.76. The first-order valence-corrected chi connectivity index (χ1v) is 7.10. The molecule has 0 bridgehead atoms. The number of aliphatic hydroxyl groups excluding tert-OH is 1. The van der Waals surface area contributed by atoms with Gasteiger partial charge in [0, 0.05) is 6.42 Å². The largest absolute Gasteiger partial charge is 0.469 e. The molecule has 1 aromatic rings. The molecule has 0 atom stereocenters. The summed E-state index contributed by atoms with van der Waals surface area (Å²) in [5, 5.41) is 12.7. The molecule has 1 amide bonds. The van der Waals surface area contributed by atoms with E-state index in [1.807, 2.05) is 6.92 Å². The summed E-state index contributed by atoms with van der Waals surface area (Å²) >= 11 is 0. The molecule has 0 radical (unpaired) electrons. The Balaban J connectivity index is 2.08. The highest BCUT2D eigenvalue weighted by atomic mass is 16.3. The highest BCUT2D eigenvalue weighted by Crippen LogP contribution is 2.32. The van der Waals surface area contributed by atoms with Crippen molar-refractivity contribution in [3.63, 3.8) is 0 Å². The van der Waals surface area contributed by atoms with Gasteiger partial charge in [-0.15, -0.1) is 0 Å². The molecule has 1 aromatic heterocycles. The van der Waals surface area contributed by atoms with E-state index in [9.17, 15) is 9.90 Å². The van der Waals surface area contributed by atoms with Crippen LogP contribution in [0.15, 0.2) is 16.7 Å². The van der Waals surface area contributed by atoms with Crippen LogP contribution in [0.25, 0.3) is 0 Å². The van der Waals surface area contributed by atoms with Gasteiger partial charge in [-0.3, -0.25) is 4.79 Å². The predicted molar refractivity (Wildman–Crippen MR) is 73.0 cm³/mol. The van der Waals surface area contributed by atoms with Crippen molar-refractivity contribution in [2.75, 3.05) is 6.61 Å². The third-order valence-electron chi connectivity index (χ3n) is 4.22. The number of aryl methyl sites for hydroxylation is 1. The second-order valence-electron chi connectivity index (χ2n) is 5.69. The van der Waals surface area contributed by atoms with Gasteiger partial charge >= 0.3 is 0 Å². The zero-order valence-electron chi connectivity index (χ0n) is 11.7. The second kappa shape index (κ2) is 5.78. The predicted octanol–water partition coefficient (Wildman–Crippen LogP) is 2.51. The van der Waals surface area contributed by atoms with Crippen molar-refractivity contribution in [2.24, 2.45) is 5.92 Å². The van der Waals surface area contributed by atoms with Crippen molar-refractivity contribution in [1.29, 1.82) is 0 Å². The first kappa shape index (κ1) is 14.1. The third kappa shape index (κ3) is 3.00. The van der Waals surface area contributed by atoms with Gasteiger partial charge in [0.25, 0.3) is 5.91 Å². The summed E-state index contributed by atoms with van der Waals surface area (Å²) in [6, 6.07) is 1.70. The van der Waals surface area contributed by atoms with Gasteiger partial charge in [-0.25, -0.2) is 0 Å². The van der Waals surface area contributed by atoms with Crippen LogP contribution in [0.3, 0.4) is 0 Å². The molecule has 0 saturated heterocycles. The molecule has 0 spiro atoms. The fourth-order valence-corrected chi connectivity index (χ4v) is 2.76. The molecule has 19 heavy (non-hydrogen) atoms. The van der Waals surface area contributed by atoms with Crippen LogP contribution in [0.4, 0.5) is 0 Å². The lowest BCUT2D eigenvalue weighted by atomic mass is 9.77. The van der Waals surface area contributed by atoms with E-state index in [0.29, 0.717) is 23.7 Å². The number of furan rings is 1. The van der Waals surface area contributed by atoms with Crippen LogP contribution in [-0.4, -0.2) is 23.2 Å². The summed E-state index contributed by atoms with van der Waals surface area (Å²) in [5.41, 5.74) is 0.139. The minimum Gasteiger partial charge on any atom is -0.469 e. The van der Waals surface area contributed by atoms with Crippen LogP contribution < -0.4 is 5.32 Å². The molecular formula is C15H23NO3. The molecular weight excluding hydrogens is 242 g/mol. The molecule has 0 unspecified atom stereocenters. The quantitative estimate of drug-likeness (QED) is 0.879. The van der Waals surface area contributed by atoms with E-state index in [1.54, 1.807) is 12.3 Å². The summed E-state index contributed by atoms with van der Waals surface area (Å²) in [6.45, 7) is 4.18. The molecule has 4 nitrogen and oxygen atoms in total. The van der Waals surface area contributed by atoms with Gasteiger partial charge in [0.05, 0.1) is 24.0 Å². The lowest BCUT2D eigenvalue weighted by molar-refractivity contribution is 0.0715. The zero-order chi connectivity index (χ0) is 13.9. The van der Waals surface area contributed by atoms with Crippen molar-refractivity contribution in [1.82, 2.24) is 5.32 Å². The minimum absolute atomic E-state index is 0.00473. The van der Waals surface area contributed by atoms with Gasteiger partial charge in [-0.05, 0) is 37.7 Å². The van der Waals surface area contributed by atoms with Gasteiger partial charge in [0.15, 0.2) is 0 Å². The molecule has 2 N–H and O–H groups in total. The lowest BCUT2D eigenvalue weighted by Gasteiger charge is -2.38. The Kier molecular flexibility index (Phi) is 4.30. The molecule has 0 aromatic carbocycles. The molecule has 1 aliphatic rings. The maximum absolute atomic E-state index is 12.3. The van der Waals surface area contributed by atoms with E-state index in [1.165, 1.54) is 0 Å². The number of hydrogen-bond acceptors (Lipinski definition) is 3. The Labute approximate surface area is 114 Å². The Morgan fingerprint density at radius 1 is 1.53 bits per heavy atom. The number of carbonyl (C=O) groups excluding carboxylic acids is 1. The molecule has 0 aliphatic heterocycles. The smallest absolute Gasteiger partial charge is 0.255 e. The standard InChI is InChI=1S/C15H23NO3/c1-3-13-12(6-9-19-13)14(18)16-15(10-17)7-4-11(2)5-8-15/h6,9,11,17H,3-5,7-8,10H2,1-2H3,(H,16,18).